The summed E-state index contributed by atoms with van der Waals surface area (Å²) < 4.78 is 5.69. The largest absolute Gasteiger partial charge is 0.474 e. The molecular weight excluding hydrogens is 238 g/mol. The zero-order chi connectivity index (χ0) is 13.2. The number of aryl methyl sites for hydroxylation is 1. The Morgan fingerprint density at radius 3 is 3.05 bits per heavy atom. The third-order valence-corrected chi connectivity index (χ3v) is 2.99. The van der Waals surface area contributed by atoms with Gasteiger partial charge in [0.15, 0.2) is 11.9 Å². The summed E-state index contributed by atoms with van der Waals surface area (Å²) in [6.45, 7) is 2.01. The zero-order valence-corrected chi connectivity index (χ0v) is 10.5. The van der Waals surface area contributed by atoms with Gasteiger partial charge in [0.1, 0.15) is 0 Å². The number of hydrogen-bond donors (Lipinski definition) is 0. The third-order valence-electron chi connectivity index (χ3n) is 2.99. The van der Waals surface area contributed by atoms with Crippen LogP contribution in [0.15, 0.2) is 59.3 Å². The number of carbonyl (C=O) groups excluding carboxylic acids is 1. The molecule has 3 rings (SSSR count). The van der Waals surface area contributed by atoms with Crippen molar-refractivity contribution < 1.29 is 9.53 Å². The second-order valence-corrected chi connectivity index (χ2v) is 4.55. The van der Waals surface area contributed by atoms with Crippen LogP contribution < -0.4 is 0 Å². The molecule has 0 saturated heterocycles. The van der Waals surface area contributed by atoms with Gasteiger partial charge in [-0.1, -0.05) is 42.0 Å². The minimum absolute atomic E-state index is 0.251. The van der Waals surface area contributed by atoms with Gasteiger partial charge in [-0.2, -0.15) is 0 Å². The highest BCUT2D eigenvalue weighted by atomic mass is 16.5. The Morgan fingerprint density at radius 1 is 1.32 bits per heavy atom. The number of aliphatic imine (C=N–C) groups is 1. The normalized spacial score (nSPS) is 23.0. The van der Waals surface area contributed by atoms with Gasteiger partial charge < -0.3 is 4.74 Å². The van der Waals surface area contributed by atoms with Crippen LogP contribution in [0.5, 0.6) is 0 Å². The van der Waals surface area contributed by atoms with Crippen molar-refractivity contribution in [2.75, 3.05) is 0 Å². The number of amides is 1. The van der Waals surface area contributed by atoms with Gasteiger partial charge in [0.05, 0.1) is 5.71 Å². The number of ether oxygens (including phenoxy) is 1. The number of allylic oxidation sites excluding steroid dienone is 2. The maximum Gasteiger partial charge on any atom is 0.312 e. The van der Waals surface area contributed by atoms with Crippen LogP contribution in [-0.4, -0.2) is 17.7 Å². The SMILES string of the molecule is Cc1cccc(/C=C2/OC3C=CC=CC3=NC2=O)c1. The van der Waals surface area contributed by atoms with Crippen LogP contribution in [0.3, 0.4) is 0 Å². The molecule has 0 N–H and O–H groups in total. The van der Waals surface area contributed by atoms with Crippen LogP contribution in [0, 0.1) is 6.92 Å². The number of fused-ring (bicyclic) bond motifs is 1. The van der Waals surface area contributed by atoms with Crippen molar-refractivity contribution in [2.24, 2.45) is 4.99 Å². The van der Waals surface area contributed by atoms with Gasteiger partial charge in [-0.15, -0.1) is 0 Å². The van der Waals surface area contributed by atoms with Gasteiger partial charge in [-0.05, 0) is 30.7 Å². The molecule has 0 aromatic heterocycles. The second kappa shape index (κ2) is 4.69. The Labute approximate surface area is 111 Å². The number of hydrogen-bond acceptors (Lipinski definition) is 2. The first-order valence-corrected chi connectivity index (χ1v) is 6.15. The molecule has 1 unspecified atom stereocenters. The molecule has 3 heteroatoms. The van der Waals surface area contributed by atoms with Gasteiger partial charge in [0.25, 0.3) is 0 Å². The molecule has 0 radical (unpaired) electrons. The molecule has 1 aliphatic carbocycles. The summed E-state index contributed by atoms with van der Waals surface area (Å²) in [5.74, 6) is -0.0352. The smallest absolute Gasteiger partial charge is 0.312 e. The first-order valence-electron chi connectivity index (χ1n) is 6.15. The van der Waals surface area contributed by atoms with E-state index in [2.05, 4.69) is 4.99 Å². The van der Waals surface area contributed by atoms with Crippen molar-refractivity contribution in [3.63, 3.8) is 0 Å². The number of nitrogens with zero attached hydrogens (tertiary/aromatic N) is 1. The zero-order valence-electron chi connectivity index (χ0n) is 10.5. The van der Waals surface area contributed by atoms with E-state index in [1.807, 2.05) is 49.4 Å². The molecule has 1 heterocycles. The quantitative estimate of drug-likeness (QED) is 0.720. The van der Waals surface area contributed by atoms with Crippen LogP contribution in [0.4, 0.5) is 0 Å². The van der Waals surface area contributed by atoms with E-state index >= 15 is 0 Å². The fourth-order valence-electron chi connectivity index (χ4n) is 2.08. The molecule has 0 spiro atoms. The first-order chi connectivity index (χ1) is 9.22. The van der Waals surface area contributed by atoms with Gasteiger partial charge >= 0.3 is 5.91 Å². The number of benzene rings is 1. The highest BCUT2D eigenvalue weighted by Crippen LogP contribution is 2.20. The summed E-state index contributed by atoms with van der Waals surface area (Å²) >= 11 is 0. The van der Waals surface area contributed by atoms with E-state index in [4.69, 9.17) is 4.74 Å². The van der Waals surface area contributed by atoms with E-state index in [1.165, 1.54) is 0 Å². The van der Waals surface area contributed by atoms with Gasteiger partial charge in [-0.25, -0.2) is 4.99 Å². The summed E-state index contributed by atoms with van der Waals surface area (Å²) in [7, 11) is 0. The van der Waals surface area contributed by atoms with Crippen molar-refractivity contribution in [1.82, 2.24) is 0 Å². The Hall–Kier alpha value is -2.42. The number of carbonyl (C=O) groups is 1. The minimum atomic E-state index is -0.326. The van der Waals surface area contributed by atoms with Crippen molar-refractivity contribution >= 4 is 17.7 Å². The van der Waals surface area contributed by atoms with Crippen molar-refractivity contribution in [3.05, 3.63) is 65.5 Å². The fourth-order valence-corrected chi connectivity index (χ4v) is 2.08. The van der Waals surface area contributed by atoms with Crippen LogP contribution in [0.2, 0.25) is 0 Å². The van der Waals surface area contributed by atoms with Crippen molar-refractivity contribution in [3.8, 4) is 0 Å². The van der Waals surface area contributed by atoms with Crippen molar-refractivity contribution in [1.29, 1.82) is 0 Å². The lowest BCUT2D eigenvalue weighted by atomic mass is 10.1. The lowest BCUT2D eigenvalue weighted by Crippen LogP contribution is -2.29. The van der Waals surface area contributed by atoms with E-state index in [1.54, 1.807) is 12.2 Å². The van der Waals surface area contributed by atoms with E-state index in [0.717, 1.165) is 11.1 Å². The van der Waals surface area contributed by atoms with Gasteiger partial charge in [0, 0.05) is 0 Å². The van der Waals surface area contributed by atoms with Crippen LogP contribution in [0.25, 0.3) is 6.08 Å². The molecule has 1 aromatic carbocycles. The minimum Gasteiger partial charge on any atom is -0.474 e. The van der Waals surface area contributed by atoms with Crippen molar-refractivity contribution in [2.45, 2.75) is 13.0 Å². The highest BCUT2D eigenvalue weighted by molar-refractivity contribution is 6.13. The standard InChI is InChI=1S/C16H13NO2/c1-11-5-4-6-12(9-11)10-15-16(18)17-13-7-2-3-8-14(13)19-15/h2-10,14H,1H3/b15-10+. The summed E-state index contributed by atoms with van der Waals surface area (Å²) in [5, 5.41) is 0. The Kier molecular flexibility index (Phi) is 2.88. The summed E-state index contributed by atoms with van der Waals surface area (Å²) in [4.78, 5) is 16.0. The first kappa shape index (κ1) is 11.7. The van der Waals surface area contributed by atoms with Gasteiger partial charge in [0.2, 0.25) is 0 Å². The molecule has 0 saturated carbocycles. The molecule has 94 valence electrons. The third kappa shape index (κ3) is 2.40. The van der Waals surface area contributed by atoms with Crippen LogP contribution in [-0.2, 0) is 9.53 Å². The fraction of sp³-hybridized carbons (Fsp3) is 0.125. The predicted octanol–water partition coefficient (Wildman–Crippen LogP) is 2.83. The molecule has 1 atom stereocenters. The molecule has 3 nitrogen and oxygen atoms in total. The lowest BCUT2D eigenvalue weighted by molar-refractivity contribution is -0.118. The molecule has 19 heavy (non-hydrogen) atoms. The van der Waals surface area contributed by atoms with Crippen LogP contribution in [0.1, 0.15) is 11.1 Å². The van der Waals surface area contributed by atoms with Crippen LogP contribution >= 0.6 is 0 Å². The van der Waals surface area contributed by atoms with E-state index in [9.17, 15) is 4.79 Å². The monoisotopic (exact) mass is 251 g/mol. The molecule has 2 aliphatic rings. The Morgan fingerprint density at radius 2 is 2.21 bits per heavy atom. The topological polar surface area (TPSA) is 38.7 Å². The van der Waals surface area contributed by atoms with Gasteiger partial charge in [-0.3, -0.25) is 4.79 Å². The Balaban J connectivity index is 1.94. The Bertz CT molecular complexity index is 650. The van der Waals surface area contributed by atoms with E-state index < -0.39 is 0 Å². The highest BCUT2D eigenvalue weighted by Gasteiger charge is 2.26. The molecular formula is C16H13NO2. The summed E-state index contributed by atoms with van der Waals surface area (Å²) in [5.41, 5.74) is 2.74. The van der Waals surface area contributed by atoms with E-state index in [0.29, 0.717) is 11.5 Å². The predicted molar refractivity (Wildman–Crippen MR) is 74.8 cm³/mol. The summed E-state index contributed by atoms with van der Waals surface area (Å²) in [6.07, 6.45) is 8.91. The lowest BCUT2D eigenvalue weighted by Gasteiger charge is -2.22. The molecule has 0 bridgehead atoms. The average Bonchev–Trinajstić information content (AvgIpc) is 2.40. The molecule has 1 amide bonds. The number of rotatable bonds is 1. The maximum atomic E-state index is 11.9. The molecule has 1 aliphatic heterocycles. The second-order valence-electron chi connectivity index (χ2n) is 4.55. The van der Waals surface area contributed by atoms with E-state index in [-0.39, 0.29) is 12.0 Å². The average molecular weight is 251 g/mol. The molecule has 1 aromatic rings. The molecule has 0 fully saturated rings. The maximum absolute atomic E-state index is 11.9. The summed E-state index contributed by atoms with van der Waals surface area (Å²) in [6, 6.07) is 7.90.